The summed E-state index contributed by atoms with van der Waals surface area (Å²) < 4.78 is 0. The van der Waals surface area contributed by atoms with E-state index >= 15 is 0 Å². The number of carboxylic acid groups (broad SMARTS) is 1. The molecule has 116 valence electrons. The Balaban J connectivity index is 2.34. The number of nitrogens with one attached hydrogen (secondary N) is 2. The van der Waals surface area contributed by atoms with E-state index in [9.17, 15) is 9.59 Å². The van der Waals surface area contributed by atoms with Gasteiger partial charge in [0.15, 0.2) is 0 Å². The molecule has 2 amide bonds. The van der Waals surface area contributed by atoms with Gasteiger partial charge in [-0.1, -0.05) is 20.3 Å². The number of rotatable bonds is 6. The lowest BCUT2D eigenvalue weighted by Gasteiger charge is -2.29. The van der Waals surface area contributed by atoms with Crippen LogP contribution in [-0.2, 0) is 4.79 Å². The van der Waals surface area contributed by atoms with Gasteiger partial charge in [0.25, 0.3) is 0 Å². The third-order valence-corrected chi connectivity index (χ3v) is 3.58. The van der Waals surface area contributed by atoms with Crippen molar-refractivity contribution >= 4 is 12.0 Å². The highest BCUT2D eigenvalue weighted by atomic mass is 16.4. The Labute approximate surface area is 120 Å². The number of urea groups is 1. The van der Waals surface area contributed by atoms with E-state index in [2.05, 4.69) is 15.5 Å². The molecule has 0 aromatic rings. The quantitative estimate of drug-likeness (QED) is 0.686. The number of carbonyl (C=O) groups excluding carboxylic acids is 1. The molecule has 1 rings (SSSR count). The normalized spacial score (nSPS) is 19.4. The second kappa shape index (κ2) is 8.09. The van der Waals surface area contributed by atoms with Gasteiger partial charge in [0, 0.05) is 12.6 Å². The van der Waals surface area contributed by atoms with Crippen molar-refractivity contribution in [2.24, 2.45) is 5.92 Å². The van der Waals surface area contributed by atoms with E-state index in [0.29, 0.717) is 0 Å². The Kier molecular flexibility index (Phi) is 6.78. The largest absolute Gasteiger partial charge is 0.480 e. The average Bonchev–Trinajstić information content (AvgIpc) is 2.36. The maximum absolute atomic E-state index is 11.8. The van der Waals surface area contributed by atoms with Crippen molar-refractivity contribution in [3.63, 3.8) is 0 Å². The standard InChI is InChI=1S/C14H27N3O3/c1-10(2)12(13(18)19)16-14(20)15-11(3)9-17-7-5-4-6-8-17/h10-12H,4-9H2,1-3H3,(H,18,19)(H2,15,16,20)/t11?,12-/m0/s1. The first-order chi connectivity index (χ1) is 9.40. The molecule has 0 aromatic heterocycles. The van der Waals surface area contributed by atoms with Crippen molar-refractivity contribution in [1.29, 1.82) is 0 Å². The molecular formula is C14H27N3O3. The fraction of sp³-hybridized carbons (Fsp3) is 0.857. The van der Waals surface area contributed by atoms with Crippen LogP contribution < -0.4 is 10.6 Å². The van der Waals surface area contributed by atoms with E-state index < -0.39 is 18.0 Å². The highest BCUT2D eigenvalue weighted by Gasteiger charge is 2.24. The summed E-state index contributed by atoms with van der Waals surface area (Å²) in [4.78, 5) is 25.2. The number of hydrogen-bond acceptors (Lipinski definition) is 3. The van der Waals surface area contributed by atoms with E-state index in [1.807, 2.05) is 6.92 Å². The Morgan fingerprint density at radius 1 is 1.10 bits per heavy atom. The Bertz CT molecular complexity index is 328. The first kappa shape index (κ1) is 16.8. The summed E-state index contributed by atoms with van der Waals surface area (Å²) >= 11 is 0. The van der Waals surface area contributed by atoms with Gasteiger partial charge in [-0.25, -0.2) is 9.59 Å². The molecule has 0 radical (unpaired) electrons. The van der Waals surface area contributed by atoms with Crippen molar-refractivity contribution in [3.8, 4) is 0 Å². The minimum atomic E-state index is -1.00. The van der Waals surface area contributed by atoms with Crippen molar-refractivity contribution < 1.29 is 14.7 Å². The zero-order chi connectivity index (χ0) is 15.1. The van der Waals surface area contributed by atoms with Gasteiger partial charge in [0.2, 0.25) is 0 Å². The number of carbonyl (C=O) groups is 2. The van der Waals surface area contributed by atoms with Crippen LogP contribution >= 0.6 is 0 Å². The highest BCUT2D eigenvalue weighted by molar-refractivity contribution is 5.82. The molecule has 2 atom stereocenters. The summed E-state index contributed by atoms with van der Waals surface area (Å²) in [7, 11) is 0. The first-order valence-corrected chi connectivity index (χ1v) is 7.42. The first-order valence-electron chi connectivity index (χ1n) is 7.42. The molecule has 3 N–H and O–H groups in total. The fourth-order valence-corrected chi connectivity index (χ4v) is 2.50. The van der Waals surface area contributed by atoms with Crippen molar-refractivity contribution in [2.75, 3.05) is 19.6 Å². The number of piperidine rings is 1. The van der Waals surface area contributed by atoms with Crippen molar-refractivity contribution in [1.82, 2.24) is 15.5 Å². The van der Waals surface area contributed by atoms with Crippen LogP contribution in [0.2, 0.25) is 0 Å². The Morgan fingerprint density at radius 3 is 2.20 bits per heavy atom. The molecule has 0 spiro atoms. The summed E-state index contributed by atoms with van der Waals surface area (Å²) in [6, 6.07) is -1.25. The molecule has 1 aliphatic heterocycles. The summed E-state index contributed by atoms with van der Waals surface area (Å²) in [5, 5.41) is 14.4. The summed E-state index contributed by atoms with van der Waals surface area (Å²) in [6.07, 6.45) is 3.72. The van der Waals surface area contributed by atoms with Gasteiger partial charge < -0.3 is 20.6 Å². The summed E-state index contributed by atoms with van der Waals surface area (Å²) in [5.74, 6) is -1.14. The SMILES string of the molecule is CC(CN1CCCCC1)NC(=O)N[C@H](C(=O)O)C(C)C. The van der Waals surface area contributed by atoms with E-state index in [4.69, 9.17) is 5.11 Å². The van der Waals surface area contributed by atoms with Crippen LogP contribution in [0.15, 0.2) is 0 Å². The van der Waals surface area contributed by atoms with Gasteiger partial charge in [-0.2, -0.15) is 0 Å². The van der Waals surface area contributed by atoms with E-state index in [-0.39, 0.29) is 12.0 Å². The van der Waals surface area contributed by atoms with Crippen LogP contribution in [0.25, 0.3) is 0 Å². The van der Waals surface area contributed by atoms with E-state index in [1.54, 1.807) is 13.8 Å². The van der Waals surface area contributed by atoms with Crippen LogP contribution in [-0.4, -0.2) is 53.7 Å². The molecule has 0 aliphatic carbocycles. The summed E-state index contributed by atoms with van der Waals surface area (Å²) in [5.41, 5.74) is 0. The lowest BCUT2D eigenvalue weighted by Crippen LogP contribution is -2.52. The second-order valence-corrected chi connectivity index (χ2v) is 5.94. The number of likely N-dealkylation sites (tertiary alicyclic amines) is 1. The molecule has 20 heavy (non-hydrogen) atoms. The van der Waals surface area contributed by atoms with E-state index in [0.717, 1.165) is 19.6 Å². The van der Waals surface area contributed by atoms with Crippen LogP contribution in [0.3, 0.4) is 0 Å². The van der Waals surface area contributed by atoms with Gasteiger partial charge in [0.05, 0.1) is 0 Å². The Hall–Kier alpha value is -1.30. The third-order valence-electron chi connectivity index (χ3n) is 3.58. The molecular weight excluding hydrogens is 258 g/mol. The topological polar surface area (TPSA) is 81.7 Å². The molecule has 0 aromatic carbocycles. The zero-order valence-corrected chi connectivity index (χ0v) is 12.7. The minimum Gasteiger partial charge on any atom is -0.480 e. The van der Waals surface area contributed by atoms with Crippen LogP contribution in [0.1, 0.15) is 40.0 Å². The van der Waals surface area contributed by atoms with Crippen LogP contribution in [0, 0.1) is 5.92 Å². The molecule has 1 fully saturated rings. The predicted octanol–water partition coefficient (Wildman–Crippen LogP) is 1.27. The van der Waals surface area contributed by atoms with Crippen molar-refractivity contribution in [3.05, 3.63) is 0 Å². The molecule has 0 saturated carbocycles. The van der Waals surface area contributed by atoms with Crippen LogP contribution in [0.5, 0.6) is 0 Å². The molecule has 1 saturated heterocycles. The molecule has 1 unspecified atom stereocenters. The monoisotopic (exact) mass is 285 g/mol. The van der Waals surface area contributed by atoms with Gasteiger partial charge in [-0.15, -0.1) is 0 Å². The number of hydrogen-bond donors (Lipinski definition) is 3. The molecule has 1 heterocycles. The maximum Gasteiger partial charge on any atom is 0.326 e. The van der Waals surface area contributed by atoms with Crippen LogP contribution in [0.4, 0.5) is 4.79 Å². The minimum absolute atomic E-state index is 0.00899. The second-order valence-electron chi connectivity index (χ2n) is 5.94. The maximum atomic E-state index is 11.8. The lowest BCUT2D eigenvalue weighted by atomic mass is 10.1. The number of carboxylic acids is 1. The fourth-order valence-electron chi connectivity index (χ4n) is 2.50. The molecule has 6 heteroatoms. The summed E-state index contributed by atoms with van der Waals surface area (Å²) in [6.45, 7) is 8.47. The van der Waals surface area contributed by atoms with E-state index in [1.165, 1.54) is 19.3 Å². The number of aliphatic carboxylic acids is 1. The van der Waals surface area contributed by atoms with Crippen molar-refractivity contribution in [2.45, 2.75) is 52.1 Å². The average molecular weight is 285 g/mol. The zero-order valence-electron chi connectivity index (χ0n) is 12.7. The lowest BCUT2D eigenvalue weighted by molar-refractivity contribution is -0.140. The van der Waals surface area contributed by atoms with Gasteiger partial charge in [-0.3, -0.25) is 0 Å². The molecule has 1 aliphatic rings. The Morgan fingerprint density at radius 2 is 1.70 bits per heavy atom. The smallest absolute Gasteiger partial charge is 0.326 e. The number of amides is 2. The molecule has 0 bridgehead atoms. The van der Waals surface area contributed by atoms with Gasteiger partial charge in [0.1, 0.15) is 6.04 Å². The third kappa shape index (κ3) is 5.77. The van der Waals surface area contributed by atoms with Gasteiger partial charge >= 0.3 is 12.0 Å². The molecule has 6 nitrogen and oxygen atoms in total. The highest BCUT2D eigenvalue weighted by Crippen LogP contribution is 2.08. The predicted molar refractivity (Wildman–Crippen MR) is 77.7 cm³/mol. The number of nitrogens with zero attached hydrogens (tertiary/aromatic N) is 1. The van der Waals surface area contributed by atoms with Gasteiger partial charge in [-0.05, 0) is 38.8 Å².